The fourth-order valence-electron chi connectivity index (χ4n) is 1.29. The number of rotatable bonds is 9. The minimum Gasteiger partial charge on any atom is -0.179 e. The topological polar surface area (TPSA) is 0 Å². The molecule has 0 nitrogen and oxygen atoms in total. The first kappa shape index (κ1) is 22.8. The average Bonchev–Trinajstić information content (AvgIpc) is 2.52. The first-order valence-electron chi connectivity index (χ1n) is 6.60. The van der Waals surface area contributed by atoms with Crippen LogP contribution in [0.4, 0.5) is 0 Å². The molecule has 0 aromatic carbocycles. The van der Waals surface area contributed by atoms with Crippen molar-refractivity contribution in [1.29, 1.82) is 0 Å². The molecular formula is C12H26S8. The van der Waals surface area contributed by atoms with Gasteiger partial charge in [-0.1, -0.05) is 0 Å². The molecule has 122 valence electrons. The molecule has 1 heterocycles. The molecule has 1 fully saturated rings. The van der Waals surface area contributed by atoms with Crippen LogP contribution in [0.1, 0.15) is 0 Å². The Bertz CT molecular complexity index is 186. The summed E-state index contributed by atoms with van der Waals surface area (Å²) < 4.78 is 0. The summed E-state index contributed by atoms with van der Waals surface area (Å²) in [5.74, 6) is 11.4. The SMILES string of the molecule is SCC1CSCCS1.SCCSCC(CS)SCCS. The minimum atomic E-state index is 0.686. The van der Waals surface area contributed by atoms with Crippen molar-refractivity contribution >= 4 is 97.6 Å². The third kappa shape index (κ3) is 14.4. The zero-order valence-corrected chi connectivity index (χ0v) is 18.5. The molecule has 1 rings (SSSR count). The van der Waals surface area contributed by atoms with Gasteiger partial charge in [0.1, 0.15) is 0 Å². The van der Waals surface area contributed by atoms with Gasteiger partial charge in [0.25, 0.3) is 0 Å². The monoisotopic (exact) mass is 426 g/mol. The van der Waals surface area contributed by atoms with Crippen LogP contribution in [0, 0.1) is 0 Å². The maximum absolute atomic E-state index is 4.31. The van der Waals surface area contributed by atoms with Gasteiger partial charge in [-0.3, -0.25) is 0 Å². The molecule has 1 aliphatic heterocycles. The van der Waals surface area contributed by atoms with Gasteiger partial charge in [0, 0.05) is 56.5 Å². The summed E-state index contributed by atoms with van der Waals surface area (Å²) in [6, 6.07) is 0. The largest absolute Gasteiger partial charge is 0.179 e. The smallest absolute Gasteiger partial charge is 0.0226 e. The van der Waals surface area contributed by atoms with Crippen molar-refractivity contribution in [3.05, 3.63) is 0 Å². The predicted octanol–water partition coefficient (Wildman–Crippen LogP) is 4.38. The standard InChI is InChI=1S/C7H16S5.C5H10S3/c8-1-3-11-6-7(5-10)12-4-2-9;6-3-5-4-7-1-2-8-5/h7-10H,1-6H2;5-6H,1-4H2. The van der Waals surface area contributed by atoms with Crippen molar-refractivity contribution in [2.75, 3.05) is 57.5 Å². The highest BCUT2D eigenvalue weighted by Gasteiger charge is 2.11. The Morgan fingerprint density at radius 1 is 1.05 bits per heavy atom. The summed E-state index contributed by atoms with van der Waals surface area (Å²) in [5, 5.41) is 1.52. The van der Waals surface area contributed by atoms with Crippen LogP contribution in [0.2, 0.25) is 0 Å². The molecule has 20 heavy (non-hydrogen) atoms. The Labute approximate surface area is 164 Å². The van der Waals surface area contributed by atoms with E-state index in [1.54, 1.807) is 0 Å². The van der Waals surface area contributed by atoms with Crippen LogP contribution in [0.3, 0.4) is 0 Å². The second-order valence-electron chi connectivity index (χ2n) is 3.95. The van der Waals surface area contributed by atoms with Crippen LogP contribution in [0.25, 0.3) is 0 Å². The molecule has 0 radical (unpaired) electrons. The third-order valence-electron chi connectivity index (χ3n) is 2.28. The lowest BCUT2D eigenvalue weighted by Crippen LogP contribution is -2.14. The lowest BCUT2D eigenvalue weighted by molar-refractivity contribution is 1.14. The zero-order valence-electron chi connectivity index (χ0n) is 11.6. The maximum Gasteiger partial charge on any atom is 0.0226 e. The Hall–Kier alpha value is 2.80. The van der Waals surface area contributed by atoms with Gasteiger partial charge in [-0.15, -0.1) is 0 Å². The van der Waals surface area contributed by atoms with Crippen LogP contribution in [0.15, 0.2) is 0 Å². The predicted molar refractivity (Wildman–Crippen MR) is 123 cm³/mol. The molecule has 0 N–H and O–H groups in total. The van der Waals surface area contributed by atoms with Crippen LogP contribution >= 0.6 is 97.6 Å². The minimum absolute atomic E-state index is 0.686. The third-order valence-corrected chi connectivity index (χ3v) is 10.1. The van der Waals surface area contributed by atoms with E-state index in [1.165, 1.54) is 23.0 Å². The van der Waals surface area contributed by atoms with E-state index in [9.17, 15) is 0 Å². The highest BCUT2D eigenvalue weighted by molar-refractivity contribution is 8.07. The van der Waals surface area contributed by atoms with E-state index in [0.29, 0.717) is 5.25 Å². The van der Waals surface area contributed by atoms with Gasteiger partial charge in [0.05, 0.1) is 0 Å². The molecule has 1 saturated heterocycles. The van der Waals surface area contributed by atoms with Crippen LogP contribution in [-0.4, -0.2) is 68.0 Å². The second kappa shape index (κ2) is 18.1. The van der Waals surface area contributed by atoms with Crippen molar-refractivity contribution in [2.24, 2.45) is 0 Å². The van der Waals surface area contributed by atoms with E-state index < -0.39 is 0 Å². The van der Waals surface area contributed by atoms with Crippen molar-refractivity contribution in [1.82, 2.24) is 0 Å². The van der Waals surface area contributed by atoms with Crippen molar-refractivity contribution in [3.63, 3.8) is 0 Å². The van der Waals surface area contributed by atoms with Gasteiger partial charge in [-0.05, 0) is 11.5 Å². The van der Waals surface area contributed by atoms with E-state index in [-0.39, 0.29) is 0 Å². The molecule has 0 bridgehead atoms. The number of thiol groups is 4. The fourth-order valence-corrected chi connectivity index (χ4v) is 7.65. The van der Waals surface area contributed by atoms with Gasteiger partial charge in [0.2, 0.25) is 0 Å². The summed E-state index contributed by atoms with van der Waals surface area (Å²) >= 11 is 24.9. The van der Waals surface area contributed by atoms with Gasteiger partial charge in [-0.25, -0.2) is 0 Å². The lowest BCUT2D eigenvalue weighted by atomic mass is 10.5. The summed E-state index contributed by atoms with van der Waals surface area (Å²) in [6.07, 6.45) is 0. The first-order valence-corrected chi connectivity index (χ1v) is 13.5. The van der Waals surface area contributed by atoms with Gasteiger partial charge < -0.3 is 0 Å². The molecule has 0 aromatic rings. The fraction of sp³-hybridized carbons (Fsp3) is 1.00. The van der Waals surface area contributed by atoms with Gasteiger partial charge in [0.15, 0.2) is 0 Å². The number of thioether (sulfide) groups is 4. The lowest BCUT2D eigenvalue weighted by Gasteiger charge is -2.17. The molecule has 0 aromatic heterocycles. The van der Waals surface area contributed by atoms with E-state index in [1.807, 2.05) is 23.5 Å². The number of hydrogen-bond donors (Lipinski definition) is 4. The Balaban J connectivity index is 0.000000388. The van der Waals surface area contributed by atoms with Crippen molar-refractivity contribution < 1.29 is 0 Å². The highest BCUT2D eigenvalue weighted by atomic mass is 32.2. The van der Waals surface area contributed by atoms with E-state index in [0.717, 1.165) is 39.8 Å². The van der Waals surface area contributed by atoms with E-state index in [4.69, 9.17) is 0 Å². The summed E-state index contributed by atoms with van der Waals surface area (Å²) in [6.45, 7) is 0. The van der Waals surface area contributed by atoms with Crippen LogP contribution in [-0.2, 0) is 0 Å². The quantitative estimate of drug-likeness (QED) is 0.319. The van der Waals surface area contributed by atoms with E-state index >= 15 is 0 Å². The normalized spacial score (nSPS) is 20.1. The van der Waals surface area contributed by atoms with E-state index in [2.05, 4.69) is 74.0 Å². The number of hydrogen-bond acceptors (Lipinski definition) is 8. The van der Waals surface area contributed by atoms with Crippen molar-refractivity contribution in [2.45, 2.75) is 10.5 Å². The molecule has 0 saturated carbocycles. The molecule has 2 unspecified atom stereocenters. The maximum atomic E-state index is 4.31. The molecule has 0 spiro atoms. The second-order valence-corrected chi connectivity index (χ2v) is 10.7. The van der Waals surface area contributed by atoms with Gasteiger partial charge >= 0.3 is 0 Å². The Kier molecular flexibility index (Phi) is 20.7. The molecular weight excluding hydrogens is 401 g/mol. The first-order chi connectivity index (χ1) is 9.78. The molecule has 0 amide bonds. The molecule has 1 aliphatic rings. The Morgan fingerprint density at radius 2 is 1.80 bits per heavy atom. The summed E-state index contributed by atoms with van der Waals surface area (Å²) in [4.78, 5) is 0. The zero-order chi connectivity index (χ0) is 15.1. The highest BCUT2D eigenvalue weighted by Crippen LogP contribution is 2.24. The van der Waals surface area contributed by atoms with Crippen LogP contribution < -0.4 is 0 Å². The summed E-state index contributed by atoms with van der Waals surface area (Å²) in [7, 11) is 0. The van der Waals surface area contributed by atoms with Crippen molar-refractivity contribution in [3.8, 4) is 0 Å². The van der Waals surface area contributed by atoms with Gasteiger partial charge in [-0.2, -0.15) is 97.6 Å². The molecule has 0 aliphatic carbocycles. The Morgan fingerprint density at radius 3 is 2.25 bits per heavy atom. The van der Waals surface area contributed by atoms with Crippen LogP contribution in [0.5, 0.6) is 0 Å². The molecule has 8 heteroatoms. The summed E-state index contributed by atoms with van der Waals surface area (Å²) in [5.41, 5.74) is 0. The average molecular weight is 427 g/mol. The molecule has 2 atom stereocenters.